The van der Waals surface area contributed by atoms with Crippen molar-refractivity contribution in [3.63, 3.8) is 0 Å². The van der Waals surface area contributed by atoms with E-state index in [9.17, 15) is 19.4 Å². The van der Waals surface area contributed by atoms with Gasteiger partial charge in [-0.1, -0.05) is 397 Å². The molecule has 0 saturated carbocycles. The van der Waals surface area contributed by atoms with E-state index in [4.69, 9.17) is 9.05 Å². The van der Waals surface area contributed by atoms with Crippen LogP contribution in [0.4, 0.5) is 0 Å². The lowest BCUT2D eigenvalue weighted by Gasteiger charge is -2.25. The van der Waals surface area contributed by atoms with Gasteiger partial charge in [0.05, 0.1) is 39.9 Å². The van der Waals surface area contributed by atoms with Crippen molar-refractivity contribution < 1.29 is 32.9 Å². The Morgan fingerprint density at radius 2 is 0.625 bits per heavy atom. The third-order valence-electron chi connectivity index (χ3n) is 18.3. The third-order valence-corrected chi connectivity index (χ3v) is 19.3. The number of unbranched alkanes of at least 4 members (excludes halogenated alkanes) is 57. The Kier molecular flexibility index (Phi) is 69.0. The fraction of sp³-hybridized carbons (Fsp3) is 0.911. The van der Waals surface area contributed by atoms with Crippen LogP contribution in [0.1, 0.15) is 412 Å². The van der Waals surface area contributed by atoms with E-state index in [1.54, 1.807) is 6.08 Å². The Labute approximate surface area is 550 Å². The van der Waals surface area contributed by atoms with Gasteiger partial charge in [-0.05, 0) is 44.9 Å². The summed E-state index contributed by atoms with van der Waals surface area (Å²) in [6, 6.07) is -0.870. The minimum atomic E-state index is -4.37. The van der Waals surface area contributed by atoms with Crippen LogP contribution in [0, 0.1) is 0 Å². The molecule has 0 aliphatic rings. The Balaban J connectivity index is 3.97. The van der Waals surface area contributed by atoms with E-state index in [0.29, 0.717) is 17.4 Å². The molecule has 3 unspecified atom stereocenters. The molecule has 3 atom stereocenters. The molecule has 0 rings (SSSR count). The number of nitrogens with one attached hydrogen (secondary N) is 1. The highest BCUT2D eigenvalue weighted by Crippen LogP contribution is 2.43. The van der Waals surface area contributed by atoms with Crippen LogP contribution < -0.4 is 5.32 Å². The van der Waals surface area contributed by atoms with Crippen molar-refractivity contribution in [2.24, 2.45) is 0 Å². The lowest BCUT2D eigenvalue weighted by Crippen LogP contribution is -2.45. The van der Waals surface area contributed by atoms with Gasteiger partial charge in [0.15, 0.2) is 0 Å². The molecule has 1 amide bonds. The highest BCUT2D eigenvalue weighted by atomic mass is 31.2. The molecule has 0 spiro atoms. The maximum atomic E-state index is 13.1. The van der Waals surface area contributed by atoms with Crippen LogP contribution in [0.25, 0.3) is 0 Å². The molecule has 0 saturated heterocycles. The third kappa shape index (κ3) is 72.2. The highest BCUT2D eigenvalue weighted by molar-refractivity contribution is 7.47. The number of quaternary nitrogens is 1. The summed E-state index contributed by atoms with van der Waals surface area (Å²) in [4.78, 5) is 23.5. The Bertz CT molecular complexity index is 1530. The Morgan fingerprint density at radius 3 is 0.909 bits per heavy atom. The number of carbonyl (C=O) groups excluding carboxylic acids is 1. The molecule has 0 aliphatic heterocycles. The van der Waals surface area contributed by atoms with Crippen molar-refractivity contribution in [3.8, 4) is 0 Å². The first-order valence-electron chi connectivity index (χ1n) is 39.4. The number of hydrogen-bond donors (Lipinski definition) is 3. The average Bonchev–Trinajstić information content (AvgIpc) is 3.58. The molecule has 0 radical (unpaired) electrons. The van der Waals surface area contributed by atoms with Crippen molar-refractivity contribution in [2.45, 2.75) is 424 Å². The van der Waals surface area contributed by atoms with Crippen LogP contribution in [-0.2, 0) is 18.4 Å². The van der Waals surface area contributed by atoms with Crippen LogP contribution in [0.3, 0.4) is 0 Å². The van der Waals surface area contributed by atoms with Gasteiger partial charge in [-0.3, -0.25) is 13.8 Å². The smallest absolute Gasteiger partial charge is 0.387 e. The predicted octanol–water partition coefficient (Wildman–Crippen LogP) is 25.6. The maximum Gasteiger partial charge on any atom is 0.472 e. The number of hydrogen-bond acceptors (Lipinski definition) is 5. The zero-order valence-electron chi connectivity index (χ0n) is 60.0. The number of nitrogens with zero attached hydrogens (tertiary/aromatic N) is 1. The minimum Gasteiger partial charge on any atom is -0.387 e. The van der Waals surface area contributed by atoms with E-state index >= 15 is 0 Å². The standard InChI is InChI=1S/C79H155N2O6P/c1-6-8-10-12-14-16-18-20-22-24-26-28-30-32-34-36-37-38-39-40-41-42-43-44-45-47-49-51-53-55-57-59-61-63-65-67-69-71-73-79(83)80-77(76-87-88(84,85)86-75-74-81(3,4)5)78(82)72-70-68-66-64-62-60-58-56-54-52-50-48-46-35-33-31-29-27-25-23-21-19-17-15-13-11-9-7-2/h54,56,62,64,70,72,77-78,82H,6-53,55,57-61,63,65-69,71,73-76H2,1-5H3,(H-,80,83,84,85)/p+1/b56-54+,64-62+,72-70+. The molecule has 0 aromatic carbocycles. The zero-order chi connectivity index (χ0) is 64.1. The molecule has 522 valence electrons. The van der Waals surface area contributed by atoms with Gasteiger partial charge in [-0.25, -0.2) is 4.57 Å². The van der Waals surface area contributed by atoms with Crippen LogP contribution in [0.5, 0.6) is 0 Å². The Morgan fingerprint density at radius 1 is 0.375 bits per heavy atom. The molecule has 88 heavy (non-hydrogen) atoms. The van der Waals surface area contributed by atoms with Gasteiger partial charge < -0.3 is 19.8 Å². The van der Waals surface area contributed by atoms with Crippen molar-refractivity contribution in [2.75, 3.05) is 40.9 Å². The molecule has 0 aromatic heterocycles. The van der Waals surface area contributed by atoms with Gasteiger partial charge in [0.25, 0.3) is 0 Å². The van der Waals surface area contributed by atoms with E-state index in [-0.39, 0.29) is 19.1 Å². The lowest BCUT2D eigenvalue weighted by atomic mass is 10.0. The zero-order valence-corrected chi connectivity index (χ0v) is 60.9. The predicted molar refractivity (Wildman–Crippen MR) is 388 cm³/mol. The number of carbonyl (C=O) groups is 1. The second kappa shape index (κ2) is 70.0. The maximum absolute atomic E-state index is 13.1. The quantitative estimate of drug-likeness (QED) is 0.0243. The summed E-state index contributed by atoms with van der Waals surface area (Å²) in [6.45, 7) is 4.86. The van der Waals surface area contributed by atoms with Gasteiger partial charge in [0.2, 0.25) is 5.91 Å². The van der Waals surface area contributed by atoms with Crippen molar-refractivity contribution in [3.05, 3.63) is 36.5 Å². The summed E-state index contributed by atoms with van der Waals surface area (Å²) in [7, 11) is 1.57. The van der Waals surface area contributed by atoms with Crippen molar-refractivity contribution >= 4 is 13.7 Å². The van der Waals surface area contributed by atoms with Gasteiger partial charge in [0.1, 0.15) is 13.2 Å². The highest BCUT2D eigenvalue weighted by Gasteiger charge is 2.28. The molecule has 0 fully saturated rings. The molecule has 0 aliphatic carbocycles. The van der Waals surface area contributed by atoms with E-state index in [2.05, 4.69) is 43.5 Å². The molecular weight excluding hydrogens is 1100 g/mol. The van der Waals surface area contributed by atoms with E-state index in [1.807, 2.05) is 27.2 Å². The van der Waals surface area contributed by atoms with Crippen LogP contribution in [-0.4, -0.2) is 73.4 Å². The van der Waals surface area contributed by atoms with E-state index < -0.39 is 20.0 Å². The first-order chi connectivity index (χ1) is 43.0. The van der Waals surface area contributed by atoms with Crippen molar-refractivity contribution in [1.82, 2.24) is 5.32 Å². The van der Waals surface area contributed by atoms with E-state index in [0.717, 1.165) is 44.9 Å². The summed E-state index contributed by atoms with van der Waals surface area (Å²) in [5.41, 5.74) is 0. The second-order valence-corrected chi connectivity index (χ2v) is 29.9. The van der Waals surface area contributed by atoms with Crippen LogP contribution in [0.2, 0.25) is 0 Å². The number of phosphoric ester groups is 1. The topological polar surface area (TPSA) is 105 Å². The number of aliphatic hydroxyl groups is 1. The molecule has 3 N–H and O–H groups in total. The molecular formula is C79H156N2O6P+. The fourth-order valence-corrected chi connectivity index (χ4v) is 13.0. The summed E-state index contributed by atoms with van der Waals surface area (Å²) in [5, 5.41) is 14.0. The largest absolute Gasteiger partial charge is 0.472 e. The van der Waals surface area contributed by atoms with E-state index in [1.165, 1.54) is 347 Å². The SMILES string of the molecule is CCCCCCCCCCCCCCCCCCCC/C=C/CC/C=C/CC/C=C/C(O)C(COP(=O)(O)OCC[N+](C)(C)C)NC(=O)CCCCCCCCCCCCCCCCCCCCCCCCCCCCCCCCCCCCCCCC. The summed E-state index contributed by atoms with van der Waals surface area (Å²) in [6.07, 6.45) is 95.0. The van der Waals surface area contributed by atoms with Crippen molar-refractivity contribution in [1.29, 1.82) is 0 Å². The summed E-state index contributed by atoms with van der Waals surface area (Å²) >= 11 is 0. The lowest BCUT2D eigenvalue weighted by molar-refractivity contribution is -0.870. The number of likely N-dealkylation sites (N-methyl/N-ethyl adjacent to an activating group) is 1. The molecule has 9 heteroatoms. The minimum absolute atomic E-state index is 0.0555. The van der Waals surface area contributed by atoms with Crippen LogP contribution >= 0.6 is 7.82 Å². The first kappa shape index (κ1) is 86.7. The fourth-order valence-electron chi connectivity index (χ4n) is 12.3. The number of aliphatic hydroxyl groups excluding tert-OH is 1. The number of amides is 1. The molecule has 0 aromatic rings. The van der Waals surface area contributed by atoms with Gasteiger partial charge in [0, 0.05) is 6.42 Å². The average molecular weight is 1260 g/mol. The number of allylic oxidation sites excluding steroid dienone is 5. The molecule has 8 nitrogen and oxygen atoms in total. The Hall–Kier alpha value is -1.28. The van der Waals surface area contributed by atoms with Gasteiger partial charge >= 0.3 is 7.82 Å². The van der Waals surface area contributed by atoms with Crippen LogP contribution in [0.15, 0.2) is 36.5 Å². The van der Waals surface area contributed by atoms with Gasteiger partial charge in [-0.15, -0.1) is 0 Å². The first-order valence-corrected chi connectivity index (χ1v) is 40.9. The number of phosphoric acid groups is 1. The second-order valence-electron chi connectivity index (χ2n) is 28.4. The normalized spacial score (nSPS) is 13.7. The van der Waals surface area contributed by atoms with Gasteiger partial charge in [-0.2, -0.15) is 0 Å². The summed E-state index contributed by atoms with van der Waals surface area (Å²) in [5.74, 6) is -0.182. The number of rotatable bonds is 74. The molecule has 0 heterocycles. The molecule has 0 bridgehead atoms. The summed E-state index contributed by atoms with van der Waals surface area (Å²) < 4.78 is 23.8. The monoisotopic (exact) mass is 1260 g/mol.